The summed E-state index contributed by atoms with van der Waals surface area (Å²) in [5.41, 5.74) is 1.29. The Hall–Kier alpha value is -1.05. The molecule has 1 aromatic heterocycles. The van der Waals surface area contributed by atoms with Gasteiger partial charge in [-0.25, -0.2) is 0 Å². The summed E-state index contributed by atoms with van der Waals surface area (Å²) in [7, 11) is 0.558. The average molecular weight is 197 g/mol. The lowest BCUT2D eigenvalue weighted by Gasteiger charge is -1.92. The first-order chi connectivity index (χ1) is 6.29. The highest BCUT2D eigenvalue weighted by atomic mass is 31.1. The van der Waals surface area contributed by atoms with Gasteiger partial charge in [0.2, 0.25) is 0 Å². The maximum atomic E-state index is 8.57. The minimum absolute atomic E-state index is 1.29. The Balaban J connectivity index is 0.000000251. The molecule has 70 valence electrons. The highest BCUT2D eigenvalue weighted by Gasteiger charge is 1.92. The molecule has 13 heavy (non-hydrogen) atoms. The van der Waals surface area contributed by atoms with Crippen molar-refractivity contribution in [1.29, 1.82) is 0 Å². The Morgan fingerprint density at radius 3 is 2.54 bits per heavy atom. The smallest absolute Gasteiger partial charge is 0.177 e. The predicted molar refractivity (Wildman–Crippen MR) is 55.5 cm³/mol. The van der Waals surface area contributed by atoms with Gasteiger partial charge in [-0.15, -0.1) is 0 Å². The summed E-state index contributed by atoms with van der Waals surface area (Å²) in [4.78, 5) is 7.10. The van der Waals surface area contributed by atoms with Gasteiger partial charge in [0, 0.05) is 18.8 Å². The van der Waals surface area contributed by atoms with Crippen LogP contribution in [0.3, 0.4) is 0 Å². The minimum Gasteiger partial charge on any atom is -0.351 e. The monoisotopic (exact) mass is 197 g/mol. The van der Waals surface area contributed by atoms with Crippen molar-refractivity contribution in [3.05, 3.63) is 36.5 Å². The fraction of sp³-hybridized carbons (Fsp3) is 0.111. The predicted octanol–water partition coefficient (Wildman–Crippen LogP) is 1.83. The van der Waals surface area contributed by atoms with E-state index in [0.29, 0.717) is 0 Å². The van der Waals surface area contributed by atoms with Gasteiger partial charge in [0.1, 0.15) is 0 Å². The molecule has 0 fully saturated rings. The molecule has 1 heterocycles. The summed E-state index contributed by atoms with van der Waals surface area (Å²) in [5.74, 6) is 0. The molecule has 4 heteroatoms. The molecule has 1 aromatic carbocycles. The Bertz CT molecular complexity index is 397. The van der Waals surface area contributed by atoms with E-state index in [4.69, 9.17) is 9.46 Å². The topological polar surface area (TPSA) is 42.2 Å². The van der Waals surface area contributed by atoms with E-state index in [9.17, 15) is 0 Å². The maximum Gasteiger partial charge on any atom is 0.177 e. The van der Waals surface area contributed by atoms with Gasteiger partial charge in [-0.3, -0.25) is 4.57 Å². The van der Waals surface area contributed by atoms with Crippen LogP contribution in [-0.4, -0.2) is 9.46 Å². The number of para-hydroxylation sites is 1. The van der Waals surface area contributed by atoms with Crippen molar-refractivity contribution in [2.75, 3.05) is 0 Å². The van der Waals surface area contributed by atoms with E-state index in [0.717, 1.165) is 0 Å². The van der Waals surface area contributed by atoms with Crippen LogP contribution in [0.5, 0.6) is 0 Å². The Morgan fingerprint density at radius 1 is 1.31 bits per heavy atom. The van der Waals surface area contributed by atoms with E-state index >= 15 is 0 Å². The Labute approximate surface area is 77.9 Å². The van der Waals surface area contributed by atoms with E-state index in [1.54, 1.807) is 0 Å². The van der Waals surface area contributed by atoms with Crippen molar-refractivity contribution in [3.63, 3.8) is 0 Å². The number of aryl methyl sites for hydroxylation is 1. The van der Waals surface area contributed by atoms with Crippen LogP contribution in [0, 0.1) is 0 Å². The van der Waals surface area contributed by atoms with Gasteiger partial charge in [0.25, 0.3) is 0 Å². The van der Waals surface area contributed by atoms with Gasteiger partial charge in [0.15, 0.2) is 8.69 Å². The fourth-order valence-corrected chi connectivity index (χ4v) is 1.22. The summed E-state index contributed by atoms with van der Waals surface area (Å²) < 4.78 is 10.7. The molecular formula is C9H12NO2P. The molecule has 0 spiro atoms. The van der Waals surface area contributed by atoms with Gasteiger partial charge < -0.3 is 9.46 Å². The molecule has 0 aliphatic rings. The zero-order chi connectivity index (χ0) is 9.68. The fourth-order valence-electron chi connectivity index (χ4n) is 1.22. The molecule has 1 N–H and O–H groups in total. The summed E-state index contributed by atoms with van der Waals surface area (Å²) in [6.07, 6.45) is 2.07. The highest BCUT2D eigenvalue weighted by Crippen LogP contribution is 2.12. The van der Waals surface area contributed by atoms with Crippen LogP contribution in [0.25, 0.3) is 10.9 Å². The van der Waals surface area contributed by atoms with Crippen LogP contribution in [0.2, 0.25) is 0 Å². The molecule has 2 aromatic rings. The van der Waals surface area contributed by atoms with Crippen molar-refractivity contribution >= 4 is 19.6 Å². The van der Waals surface area contributed by atoms with Crippen molar-refractivity contribution in [2.45, 2.75) is 0 Å². The number of rotatable bonds is 0. The van der Waals surface area contributed by atoms with Crippen molar-refractivity contribution < 1.29 is 9.46 Å². The zero-order valence-corrected chi connectivity index (χ0v) is 8.50. The summed E-state index contributed by atoms with van der Waals surface area (Å²) >= 11 is 0. The first-order valence-corrected chi connectivity index (χ1v) is 4.86. The molecule has 3 nitrogen and oxygen atoms in total. The highest BCUT2D eigenvalue weighted by molar-refractivity contribution is 7.16. The third kappa shape index (κ3) is 2.44. The first kappa shape index (κ1) is 10.0. The second-order valence-electron chi connectivity index (χ2n) is 2.59. The third-order valence-corrected chi connectivity index (χ3v) is 1.79. The van der Waals surface area contributed by atoms with Crippen molar-refractivity contribution in [2.24, 2.45) is 7.05 Å². The molecule has 2 rings (SSSR count). The molecule has 1 unspecified atom stereocenters. The molecule has 0 saturated heterocycles. The van der Waals surface area contributed by atoms with E-state index in [1.807, 2.05) is 0 Å². The summed E-state index contributed by atoms with van der Waals surface area (Å²) in [6.45, 7) is 0. The van der Waals surface area contributed by atoms with Gasteiger partial charge in [0.05, 0.1) is 0 Å². The first-order valence-electron chi connectivity index (χ1n) is 3.87. The second kappa shape index (κ2) is 4.85. The van der Waals surface area contributed by atoms with Crippen LogP contribution in [0.1, 0.15) is 0 Å². The molecular weight excluding hydrogens is 185 g/mol. The quantitative estimate of drug-likeness (QED) is 0.654. The maximum absolute atomic E-state index is 8.57. The Kier molecular flexibility index (Phi) is 3.74. The van der Waals surface area contributed by atoms with Crippen LogP contribution in [0.4, 0.5) is 0 Å². The third-order valence-electron chi connectivity index (χ3n) is 1.79. The SMILES string of the molecule is Cn1ccc2ccccc21.O=[PH2]O. The van der Waals surface area contributed by atoms with E-state index in [-0.39, 0.29) is 0 Å². The number of fused-ring (bicyclic) bond motifs is 1. The van der Waals surface area contributed by atoms with E-state index in [2.05, 4.69) is 48.1 Å². The van der Waals surface area contributed by atoms with Crippen molar-refractivity contribution in [3.8, 4) is 0 Å². The largest absolute Gasteiger partial charge is 0.351 e. The molecule has 1 atom stereocenters. The standard InChI is InChI=1S/C9H9N.H3O2P/c1-10-7-6-8-4-2-3-5-9(8)10;1-3-2/h2-7H,1H3;3H2,(H,1,2). The molecule has 0 amide bonds. The Morgan fingerprint density at radius 2 is 1.92 bits per heavy atom. The lowest BCUT2D eigenvalue weighted by Crippen LogP contribution is -1.81. The van der Waals surface area contributed by atoms with E-state index < -0.39 is 8.69 Å². The van der Waals surface area contributed by atoms with Gasteiger partial charge in [-0.05, 0) is 17.5 Å². The van der Waals surface area contributed by atoms with Crippen molar-refractivity contribution in [1.82, 2.24) is 4.57 Å². The van der Waals surface area contributed by atoms with Crippen LogP contribution in [-0.2, 0) is 11.6 Å². The number of hydrogen-bond acceptors (Lipinski definition) is 1. The molecule has 0 aliphatic heterocycles. The van der Waals surface area contributed by atoms with E-state index in [1.165, 1.54) is 10.9 Å². The summed E-state index contributed by atoms with van der Waals surface area (Å²) in [6, 6.07) is 10.5. The van der Waals surface area contributed by atoms with Crippen LogP contribution >= 0.6 is 8.69 Å². The minimum atomic E-state index is -1.50. The average Bonchev–Trinajstić information content (AvgIpc) is 2.50. The molecule has 0 aliphatic carbocycles. The van der Waals surface area contributed by atoms with Gasteiger partial charge >= 0.3 is 0 Å². The van der Waals surface area contributed by atoms with Gasteiger partial charge in [-0.2, -0.15) is 0 Å². The summed E-state index contributed by atoms with van der Waals surface area (Å²) in [5, 5.41) is 1.31. The number of benzene rings is 1. The normalized spacial score (nSPS) is 10.3. The molecule has 0 radical (unpaired) electrons. The number of aromatic nitrogens is 1. The molecule has 0 saturated carbocycles. The van der Waals surface area contributed by atoms with Crippen LogP contribution < -0.4 is 0 Å². The zero-order valence-electron chi connectivity index (χ0n) is 7.34. The lowest BCUT2D eigenvalue weighted by molar-refractivity contribution is 0.524. The van der Waals surface area contributed by atoms with Crippen LogP contribution in [0.15, 0.2) is 36.5 Å². The lowest BCUT2D eigenvalue weighted by atomic mass is 10.2. The van der Waals surface area contributed by atoms with Gasteiger partial charge in [-0.1, -0.05) is 18.2 Å². The number of nitrogens with zero attached hydrogens (tertiary/aromatic N) is 1. The second-order valence-corrected chi connectivity index (χ2v) is 2.80. The number of hydrogen-bond donors (Lipinski definition) is 1. The molecule has 0 bridgehead atoms.